The number of sulfonamides is 1. The molecule has 0 saturated carbocycles. The second-order valence-electron chi connectivity index (χ2n) is 5.12. The van der Waals surface area contributed by atoms with E-state index in [9.17, 15) is 13.2 Å². The van der Waals surface area contributed by atoms with Crippen molar-refractivity contribution in [3.8, 4) is 0 Å². The average Bonchev–Trinajstić information content (AvgIpc) is 2.94. The van der Waals surface area contributed by atoms with Gasteiger partial charge in [-0.2, -0.15) is 0 Å². The number of nitrogens with two attached hydrogens (primary N) is 1. The number of carbonyl (C=O) groups is 1. The Morgan fingerprint density at radius 3 is 2.36 bits per heavy atom. The summed E-state index contributed by atoms with van der Waals surface area (Å²) in [5.41, 5.74) is 1.08. The van der Waals surface area contributed by atoms with Gasteiger partial charge in [-0.15, -0.1) is 0 Å². The smallest absolute Gasteiger partial charge is 0.343 e. The summed E-state index contributed by atoms with van der Waals surface area (Å²) in [6.07, 6.45) is 1.33. The Morgan fingerprint density at radius 2 is 1.76 bits per heavy atom. The Morgan fingerprint density at radius 1 is 1.12 bits per heavy atom. The molecule has 1 aliphatic heterocycles. The first-order valence-corrected chi connectivity index (χ1v) is 8.98. The summed E-state index contributed by atoms with van der Waals surface area (Å²) in [6.45, 7) is 0. The first-order valence-electron chi connectivity index (χ1n) is 7.05. The largest absolute Gasteiger partial charge is 0.405 e. The normalized spacial score (nSPS) is 17.6. The van der Waals surface area contributed by atoms with E-state index in [1.54, 1.807) is 24.3 Å². The van der Waals surface area contributed by atoms with Crippen LogP contribution in [0.2, 0.25) is 5.02 Å². The van der Waals surface area contributed by atoms with Crippen molar-refractivity contribution in [2.75, 3.05) is 0 Å². The van der Waals surface area contributed by atoms with Crippen LogP contribution in [0.25, 0.3) is 0 Å². The maximum atomic E-state index is 11.9. The van der Waals surface area contributed by atoms with Crippen LogP contribution in [0.4, 0.5) is 5.69 Å². The number of hydrogen-bond donors (Lipinski definition) is 1. The summed E-state index contributed by atoms with van der Waals surface area (Å²) in [4.78, 5) is 20.2. The number of ether oxygens (including phenoxy) is 1. The molecule has 0 spiro atoms. The zero-order valence-electron chi connectivity index (χ0n) is 12.7. The highest BCUT2D eigenvalue weighted by molar-refractivity contribution is 7.89. The summed E-state index contributed by atoms with van der Waals surface area (Å²) < 4.78 is 27.5. The van der Waals surface area contributed by atoms with Crippen molar-refractivity contribution in [2.45, 2.75) is 10.9 Å². The molecule has 0 fully saturated rings. The summed E-state index contributed by atoms with van der Waals surface area (Å²) >= 11 is 5.82. The maximum Gasteiger partial charge on any atom is 0.343 e. The standard InChI is InChI=1S/C16H12ClN3O4S/c17-11-3-1-10(2-4-11)15-20-14(16(21)24-15)9-19-12-5-7-13(8-6-12)25(18,22)23/h1-9,14H,(H2,18,22,23). The van der Waals surface area contributed by atoms with Gasteiger partial charge in [0.05, 0.1) is 10.6 Å². The summed E-state index contributed by atoms with van der Waals surface area (Å²) in [7, 11) is -3.76. The molecule has 3 rings (SSSR count). The Hall–Kier alpha value is -2.55. The molecule has 9 heteroatoms. The number of cyclic esters (lactones) is 1. The number of carbonyl (C=O) groups excluding carboxylic acids is 1. The Bertz CT molecular complexity index is 967. The number of hydrogen-bond acceptors (Lipinski definition) is 6. The van der Waals surface area contributed by atoms with Crippen LogP contribution in [-0.4, -0.2) is 32.5 Å². The maximum absolute atomic E-state index is 11.9. The second-order valence-corrected chi connectivity index (χ2v) is 7.12. The number of nitrogens with zero attached hydrogens (tertiary/aromatic N) is 2. The van der Waals surface area contributed by atoms with Gasteiger partial charge in [-0.05, 0) is 48.5 Å². The molecule has 128 valence electrons. The van der Waals surface area contributed by atoms with Crippen molar-refractivity contribution in [2.24, 2.45) is 15.1 Å². The fourth-order valence-electron chi connectivity index (χ4n) is 2.06. The summed E-state index contributed by atoms with van der Waals surface area (Å²) in [5, 5.41) is 5.59. The van der Waals surface area contributed by atoms with Crippen LogP contribution in [0.5, 0.6) is 0 Å². The molecule has 1 aliphatic rings. The molecular weight excluding hydrogens is 366 g/mol. The zero-order valence-corrected chi connectivity index (χ0v) is 14.2. The molecule has 0 amide bonds. The number of rotatable bonds is 4. The van der Waals surface area contributed by atoms with Gasteiger partial charge in [0.2, 0.25) is 15.9 Å². The van der Waals surface area contributed by atoms with Crippen LogP contribution < -0.4 is 5.14 Å². The van der Waals surface area contributed by atoms with Crippen LogP contribution in [0.3, 0.4) is 0 Å². The third-order valence-electron chi connectivity index (χ3n) is 3.32. The molecule has 2 aromatic carbocycles. The quantitative estimate of drug-likeness (QED) is 0.649. The van der Waals surface area contributed by atoms with Crippen LogP contribution >= 0.6 is 11.6 Å². The highest BCUT2D eigenvalue weighted by Gasteiger charge is 2.28. The van der Waals surface area contributed by atoms with Crippen molar-refractivity contribution in [1.82, 2.24) is 0 Å². The lowest BCUT2D eigenvalue weighted by Crippen LogP contribution is -2.16. The lowest BCUT2D eigenvalue weighted by atomic mass is 10.2. The summed E-state index contributed by atoms with van der Waals surface area (Å²) in [5.74, 6) is -0.349. The van der Waals surface area contributed by atoms with E-state index in [4.69, 9.17) is 21.5 Å². The zero-order chi connectivity index (χ0) is 18.0. The topological polar surface area (TPSA) is 111 Å². The lowest BCUT2D eigenvalue weighted by molar-refractivity contribution is -0.133. The Balaban J connectivity index is 1.77. The van der Waals surface area contributed by atoms with E-state index in [0.717, 1.165) is 0 Å². The first-order chi connectivity index (χ1) is 11.8. The van der Waals surface area contributed by atoms with Crippen molar-refractivity contribution in [3.05, 3.63) is 59.1 Å². The minimum absolute atomic E-state index is 0.0187. The van der Waals surface area contributed by atoms with E-state index in [1.165, 1.54) is 30.5 Å². The second kappa shape index (κ2) is 6.75. The Kier molecular flexibility index (Phi) is 4.67. The molecule has 0 radical (unpaired) electrons. The molecule has 1 heterocycles. The van der Waals surface area contributed by atoms with Crippen molar-refractivity contribution in [1.29, 1.82) is 0 Å². The molecule has 0 bridgehead atoms. The van der Waals surface area contributed by atoms with E-state index in [0.29, 0.717) is 16.3 Å². The van der Waals surface area contributed by atoms with Crippen molar-refractivity contribution >= 4 is 45.4 Å². The molecular formula is C16H12ClN3O4S. The van der Waals surface area contributed by atoms with Gasteiger partial charge >= 0.3 is 5.97 Å². The molecule has 0 aliphatic carbocycles. The fourth-order valence-corrected chi connectivity index (χ4v) is 2.70. The Labute approximate surface area is 148 Å². The molecule has 2 N–H and O–H groups in total. The number of esters is 1. The van der Waals surface area contributed by atoms with Gasteiger partial charge in [0.25, 0.3) is 0 Å². The van der Waals surface area contributed by atoms with E-state index >= 15 is 0 Å². The number of aliphatic imine (C=N–C) groups is 2. The van der Waals surface area contributed by atoms with Gasteiger partial charge in [-0.25, -0.2) is 23.3 Å². The number of primary sulfonamides is 1. The fraction of sp³-hybridized carbons (Fsp3) is 0.0625. The van der Waals surface area contributed by atoms with Gasteiger partial charge in [0.15, 0.2) is 6.04 Å². The number of benzene rings is 2. The highest BCUT2D eigenvalue weighted by atomic mass is 35.5. The molecule has 7 nitrogen and oxygen atoms in total. The van der Waals surface area contributed by atoms with Crippen LogP contribution in [-0.2, 0) is 19.6 Å². The van der Waals surface area contributed by atoms with Crippen LogP contribution in [0.1, 0.15) is 5.56 Å². The molecule has 1 unspecified atom stereocenters. The third kappa shape index (κ3) is 4.11. The molecule has 1 atom stereocenters. The minimum atomic E-state index is -3.76. The van der Waals surface area contributed by atoms with Gasteiger partial charge < -0.3 is 4.74 Å². The van der Waals surface area contributed by atoms with Crippen LogP contribution in [0, 0.1) is 0 Å². The minimum Gasteiger partial charge on any atom is -0.405 e. The van der Waals surface area contributed by atoms with Gasteiger partial charge in [-0.3, -0.25) is 4.99 Å². The SMILES string of the molecule is NS(=O)(=O)c1ccc(N=CC2N=C(c3ccc(Cl)cc3)OC2=O)cc1. The molecule has 0 saturated heterocycles. The number of halogens is 1. The van der Waals surface area contributed by atoms with Crippen molar-refractivity contribution < 1.29 is 17.9 Å². The predicted molar refractivity (Wildman–Crippen MR) is 93.8 cm³/mol. The van der Waals surface area contributed by atoms with Gasteiger partial charge in [-0.1, -0.05) is 11.6 Å². The van der Waals surface area contributed by atoms with E-state index < -0.39 is 22.0 Å². The van der Waals surface area contributed by atoms with Crippen LogP contribution in [0.15, 0.2) is 63.4 Å². The lowest BCUT2D eigenvalue weighted by Gasteiger charge is -1.99. The van der Waals surface area contributed by atoms with Gasteiger partial charge in [0, 0.05) is 16.8 Å². The van der Waals surface area contributed by atoms with Gasteiger partial charge in [0.1, 0.15) is 0 Å². The summed E-state index contributed by atoms with van der Waals surface area (Å²) in [6, 6.07) is 11.5. The predicted octanol–water partition coefficient (Wildman–Crippen LogP) is 2.06. The molecule has 25 heavy (non-hydrogen) atoms. The first kappa shape index (κ1) is 17.3. The van der Waals surface area contributed by atoms with E-state index in [2.05, 4.69) is 9.98 Å². The van der Waals surface area contributed by atoms with Crippen molar-refractivity contribution in [3.63, 3.8) is 0 Å². The van der Waals surface area contributed by atoms with E-state index in [-0.39, 0.29) is 10.8 Å². The molecule has 2 aromatic rings. The molecule has 0 aromatic heterocycles. The van der Waals surface area contributed by atoms with E-state index in [1.807, 2.05) is 0 Å². The highest BCUT2D eigenvalue weighted by Crippen LogP contribution is 2.18. The third-order valence-corrected chi connectivity index (χ3v) is 4.50. The average molecular weight is 378 g/mol. The monoisotopic (exact) mass is 377 g/mol.